The molecule has 1 saturated carbocycles. The monoisotopic (exact) mass is 305 g/mol. The van der Waals surface area contributed by atoms with Crippen LogP contribution in [0, 0.1) is 0 Å². The van der Waals surface area contributed by atoms with Gasteiger partial charge in [-0.2, -0.15) is 0 Å². The van der Waals surface area contributed by atoms with Gasteiger partial charge in [-0.3, -0.25) is 0 Å². The Hall–Kier alpha value is -0.970. The summed E-state index contributed by atoms with van der Waals surface area (Å²) in [4.78, 5) is 3.88. The van der Waals surface area contributed by atoms with Crippen molar-refractivity contribution in [2.24, 2.45) is 0 Å². The standard InChI is InChI=1S/C16H19NOS2/c1-19-16-5-3-2-4-15(16)18-11-14-9-8-13(20-14)10-17-12-6-7-12/h2-5,8-9,12,17H,6-7,10-11H2,1H3. The quantitative estimate of drug-likeness (QED) is 0.771. The molecule has 1 fully saturated rings. The Balaban J connectivity index is 1.54. The first-order chi connectivity index (χ1) is 9.85. The molecule has 106 valence electrons. The zero-order chi connectivity index (χ0) is 13.8. The summed E-state index contributed by atoms with van der Waals surface area (Å²) < 4.78 is 5.93. The number of benzene rings is 1. The van der Waals surface area contributed by atoms with E-state index in [0.29, 0.717) is 6.61 Å². The van der Waals surface area contributed by atoms with Crippen LogP contribution in [-0.2, 0) is 13.2 Å². The lowest BCUT2D eigenvalue weighted by molar-refractivity contribution is 0.302. The van der Waals surface area contributed by atoms with Crippen molar-refractivity contribution in [3.63, 3.8) is 0 Å². The summed E-state index contributed by atoms with van der Waals surface area (Å²) in [5.41, 5.74) is 0. The summed E-state index contributed by atoms with van der Waals surface area (Å²) in [5.74, 6) is 0.978. The Labute approximate surface area is 128 Å². The van der Waals surface area contributed by atoms with E-state index in [9.17, 15) is 0 Å². The summed E-state index contributed by atoms with van der Waals surface area (Å²) in [6.45, 7) is 1.66. The van der Waals surface area contributed by atoms with Crippen molar-refractivity contribution < 1.29 is 4.74 Å². The Morgan fingerprint density at radius 2 is 2.00 bits per heavy atom. The Morgan fingerprint density at radius 3 is 2.80 bits per heavy atom. The molecule has 2 aromatic rings. The van der Waals surface area contributed by atoms with Crippen molar-refractivity contribution >= 4 is 23.1 Å². The molecule has 0 atom stereocenters. The van der Waals surface area contributed by atoms with E-state index >= 15 is 0 Å². The van der Waals surface area contributed by atoms with Crippen LogP contribution in [0.4, 0.5) is 0 Å². The molecule has 20 heavy (non-hydrogen) atoms. The van der Waals surface area contributed by atoms with Gasteiger partial charge < -0.3 is 10.1 Å². The van der Waals surface area contributed by atoms with Crippen molar-refractivity contribution in [1.82, 2.24) is 5.32 Å². The number of hydrogen-bond acceptors (Lipinski definition) is 4. The van der Waals surface area contributed by atoms with Crippen LogP contribution in [0.1, 0.15) is 22.6 Å². The predicted molar refractivity (Wildman–Crippen MR) is 86.7 cm³/mol. The number of rotatable bonds is 7. The summed E-state index contributed by atoms with van der Waals surface area (Å²) in [5, 5.41) is 3.54. The molecular formula is C16H19NOS2. The molecule has 0 radical (unpaired) electrons. The molecule has 0 unspecified atom stereocenters. The van der Waals surface area contributed by atoms with E-state index in [2.05, 4.69) is 29.8 Å². The van der Waals surface area contributed by atoms with E-state index in [-0.39, 0.29) is 0 Å². The lowest BCUT2D eigenvalue weighted by Gasteiger charge is -2.08. The zero-order valence-electron chi connectivity index (χ0n) is 11.6. The van der Waals surface area contributed by atoms with E-state index in [1.165, 1.54) is 27.5 Å². The normalized spacial score (nSPS) is 14.4. The van der Waals surface area contributed by atoms with Crippen molar-refractivity contribution in [3.8, 4) is 5.75 Å². The number of para-hydroxylation sites is 1. The van der Waals surface area contributed by atoms with Gasteiger partial charge in [0.2, 0.25) is 0 Å². The molecule has 0 amide bonds. The fourth-order valence-electron chi connectivity index (χ4n) is 2.01. The van der Waals surface area contributed by atoms with E-state index in [1.807, 2.05) is 29.5 Å². The molecule has 1 N–H and O–H groups in total. The lowest BCUT2D eigenvalue weighted by atomic mass is 10.3. The van der Waals surface area contributed by atoms with Gasteiger partial charge in [0.25, 0.3) is 0 Å². The molecule has 0 bridgehead atoms. The predicted octanol–water partition coefficient (Wildman–Crippen LogP) is 4.30. The van der Waals surface area contributed by atoms with E-state index < -0.39 is 0 Å². The van der Waals surface area contributed by atoms with E-state index in [0.717, 1.165) is 18.3 Å². The van der Waals surface area contributed by atoms with Gasteiger partial charge in [0.15, 0.2) is 0 Å². The van der Waals surface area contributed by atoms with Gasteiger partial charge >= 0.3 is 0 Å². The van der Waals surface area contributed by atoms with Crippen molar-refractivity contribution in [3.05, 3.63) is 46.2 Å². The lowest BCUT2D eigenvalue weighted by Crippen LogP contribution is -2.14. The second-order valence-electron chi connectivity index (χ2n) is 4.96. The zero-order valence-corrected chi connectivity index (χ0v) is 13.2. The van der Waals surface area contributed by atoms with Crippen molar-refractivity contribution in [1.29, 1.82) is 0 Å². The molecule has 0 spiro atoms. The molecule has 0 aliphatic heterocycles. The van der Waals surface area contributed by atoms with Gasteiger partial charge in [0.05, 0.1) is 0 Å². The van der Waals surface area contributed by atoms with E-state index in [1.54, 1.807) is 11.8 Å². The summed E-state index contributed by atoms with van der Waals surface area (Å²) >= 11 is 3.56. The van der Waals surface area contributed by atoms with Crippen LogP contribution in [0.15, 0.2) is 41.3 Å². The minimum Gasteiger partial charge on any atom is -0.487 e. The number of thioether (sulfide) groups is 1. The number of nitrogens with one attached hydrogen (secondary N) is 1. The third-order valence-corrected chi connectivity index (χ3v) is 5.13. The fraction of sp³-hybridized carbons (Fsp3) is 0.375. The van der Waals surface area contributed by atoms with Gasteiger partial charge in [-0.1, -0.05) is 12.1 Å². The van der Waals surface area contributed by atoms with Gasteiger partial charge in [0.1, 0.15) is 12.4 Å². The highest BCUT2D eigenvalue weighted by atomic mass is 32.2. The minimum atomic E-state index is 0.658. The smallest absolute Gasteiger partial charge is 0.133 e. The average Bonchev–Trinajstić information content (AvgIpc) is 3.21. The van der Waals surface area contributed by atoms with Crippen molar-refractivity contribution in [2.75, 3.05) is 6.26 Å². The molecule has 1 aliphatic carbocycles. The summed E-state index contributed by atoms with van der Waals surface area (Å²) in [7, 11) is 0. The molecule has 1 heterocycles. The number of hydrogen-bond donors (Lipinski definition) is 1. The first-order valence-electron chi connectivity index (χ1n) is 6.92. The largest absolute Gasteiger partial charge is 0.487 e. The molecule has 1 aromatic carbocycles. The van der Waals surface area contributed by atoms with Gasteiger partial charge in [-0.15, -0.1) is 23.1 Å². The fourth-order valence-corrected chi connectivity index (χ4v) is 3.44. The van der Waals surface area contributed by atoms with Crippen LogP contribution >= 0.6 is 23.1 Å². The van der Waals surface area contributed by atoms with Gasteiger partial charge in [0, 0.05) is 27.2 Å². The van der Waals surface area contributed by atoms with Crippen LogP contribution in [0.3, 0.4) is 0 Å². The molecule has 1 aromatic heterocycles. The van der Waals surface area contributed by atoms with Gasteiger partial charge in [-0.05, 0) is 43.4 Å². The van der Waals surface area contributed by atoms with Gasteiger partial charge in [-0.25, -0.2) is 0 Å². The maximum Gasteiger partial charge on any atom is 0.133 e. The van der Waals surface area contributed by atoms with Crippen LogP contribution in [0.25, 0.3) is 0 Å². The third-order valence-electron chi connectivity index (χ3n) is 3.30. The maximum atomic E-state index is 5.93. The van der Waals surface area contributed by atoms with Crippen LogP contribution < -0.4 is 10.1 Å². The van der Waals surface area contributed by atoms with Crippen LogP contribution in [0.5, 0.6) is 5.75 Å². The first kappa shape index (κ1) is 14.0. The topological polar surface area (TPSA) is 21.3 Å². The van der Waals surface area contributed by atoms with Crippen LogP contribution in [0.2, 0.25) is 0 Å². The Morgan fingerprint density at radius 1 is 1.20 bits per heavy atom. The molecule has 3 rings (SSSR count). The highest BCUT2D eigenvalue weighted by Crippen LogP contribution is 2.28. The first-order valence-corrected chi connectivity index (χ1v) is 8.96. The number of thiophene rings is 1. The number of ether oxygens (including phenoxy) is 1. The highest BCUT2D eigenvalue weighted by molar-refractivity contribution is 7.98. The molecule has 4 heteroatoms. The Bertz CT molecular complexity index is 563. The SMILES string of the molecule is CSc1ccccc1OCc1ccc(CNC2CC2)s1. The van der Waals surface area contributed by atoms with Crippen molar-refractivity contribution in [2.45, 2.75) is 36.9 Å². The summed E-state index contributed by atoms with van der Waals surface area (Å²) in [6, 6.07) is 13.4. The minimum absolute atomic E-state index is 0.658. The molecule has 2 nitrogen and oxygen atoms in total. The van der Waals surface area contributed by atoms with E-state index in [4.69, 9.17) is 4.74 Å². The second-order valence-corrected chi connectivity index (χ2v) is 7.06. The molecule has 0 saturated heterocycles. The average molecular weight is 305 g/mol. The highest BCUT2D eigenvalue weighted by Gasteiger charge is 2.20. The Kier molecular flexibility index (Phi) is 4.65. The third kappa shape index (κ3) is 3.78. The molecule has 1 aliphatic rings. The van der Waals surface area contributed by atoms with Crippen LogP contribution in [-0.4, -0.2) is 12.3 Å². The molecular weight excluding hydrogens is 286 g/mol. The second kappa shape index (κ2) is 6.66. The maximum absolute atomic E-state index is 5.93. The summed E-state index contributed by atoms with van der Waals surface area (Å²) in [6.07, 6.45) is 4.76.